The summed E-state index contributed by atoms with van der Waals surface area (Å²) < 4.78 is 8.28. The first-order valence-electron chi connectivity index (χ1n) is 13.2. The van der Waals surface area contributed by atoms with Crippen molar-refractivity contribution < 1.29 is 9.21 Å². The van der Waals surface area contributed by atoms with Crippen LogP contribution in [0.2, 0.25) is 5.02 Å². The number of benzene rings is 1. The lowest BCUT2D eigenvalue weighted by Crippen LogP contribution is -2.43. The molecule has 3 aromatic rings. The number of furan rings is 1. The summed E-state index contributed by atoms with van der Waals surface area (Å²) in [6, 6.07) is 10.6. The van der Waals surface area contributed by atoms with Crippen molar-refractivity contribution in [2.24, 2.45) is 10.9 Å². The van der Waals surface area contributed by atoms with Crippen LogP contribution in [0.15, 0.2) is 61.9 Å². The minimum atomic E-state index is -0.596. The zero-order valence-electron chi connectivity index (χ0n) is 22.2. The van der Waals surface area contributed by atoms with Crippen LogP contribution in [0, 0.1) is 5.92 Å². The van der Waals surface area contributed by atoms with E-state index in [1.807, 2.05) is 45.0 Å². The smallest absolute Gasteiger partial charge is 0.271 e. The van der Waals surface area contributed by atoms with E-state index in [0.717, 1.165) is 43.3 Å². The number of piperidine rings is 1. The average Bonchev–Trinajstić information content (AvgIpc) is 3.49. The van der Waals surface area contributed by atoms with Crippen molar-refractivity contribution in [3.8, 4) is 0 Å². The van der Waals surface area contributed by atoms with E-state index in [1.165, 1.54) is 11.3 Å². The van der Waals surface area contributed by atoms with Crippen LogP contribution in [0.1, 0.15) is 57.9 Å². The summed E-state index contributed by atoms with van der Waals surface area (Å²) in [7, 11) is 0. The van der Waals surface area contributed by atoms with Gasteiger partial charge in [0.15, 0.2) is 10.7 Å². The Morgan fingerprint density at radius 1 is 1.16 bits per heavy atom. The third-order valence-electron chi connectivity index (χ3n) is 7.47. The van der Waals surface area contributed by atoms with Crippen LogP contribution in [0.25, 0.3) is 6.08 Å². The first-order valence-corrected chi connectivity index (χ1v) is 14.4. The van der Waals surface area contributed by atoms with Crippen molar-refractivity contribution in [3.63, 3.8) is 0 Å². The zero-order chi connectivity index (χ0) is 27.0. The molecule has 0 aliphatic carbocycles. The molecule has 0 bridgehead atoms. The van der Waals surface area contributed by atoms with Gasteiger partial charge in [-0.2, -0.15) is 0 Å². The third-order valence-corrected chi connectivity index (χ3v) is 8.70. The van der Waals surface area contributed by atoms with Crippen LogP contribution >= 0.6 is 22.9 Å². The molecule has 0 radical (unpaired) electrons. The molecule has 38 heavy (non-hydrogen) atoms. The third kappa shape index (κ3) is 4.99. The van der Waals surface area contributed by atoms with Crippen molar-refractivity contribution in [2.75, 3.05) is 31.1 Å². The SMILES string of the molecule is CCN(CC)C(=O)C1=C(C)N=c2s/c(=C\c3ccc(N4CCC(C)CC4)o3)c(=O)n2[C@@H]1c1ccc(Cl)cc1. The highest BCUT2D eigenvalue weighted by molar-refractivity contribution is 7.07. The van der Waals surface area contributed by atoms with Crippen molar-refractivity contribution >= 4 is 40.8 Å². The molecule has 200 valence electrons. The Balaban J connectivity index is 1.59. The number of rotatable bonds is 6. The number of carbonyl (C=O) groups is 1. The van der Waals surface area contributed by atoms with Crippen LogP contribution in [-0.2, 0) is 4.79 Å². The maximum atomic E-state index is 13.9. The predicted octanol–water partition coefficient (Wildman–Crippen LogP) is 4.59. The number of carbonyl (C=O) groups excluding carboxylic acids is 1. The van der Waals surface area contributed by atoms with Gasteiger partial charge in [-0.25, -0.2) is 4.99 Å². The summed E-state index contributed by atoms with van der Waals surface area (Å²) in [4.78, 5) is 36.8. The Labute approximate surface area is 231 Å². The standard InChI is InChI=1S/C29H33ClN4O3S/c1-5-32(6-2)28(36)25-19(4)31-29-34(26(25)20-7-9-21(30)10-8-20)27(35)23(38-29)17-22-11-12-24(37-22)33-15-13-18(3)14-16-33/h7-12,17-18,26H,5-6,13-16H2,1-4H3/b23-17-/t26-/m1/s1. The van der Waals surface area contributed by atoms with Crippen molar-refractivity contribution in [1.82, 2.24) is 9.47 Å². The highest BCUT2D eigenvalue weighted by Crippen LogP contribution is 2.32. The number of hydrogen-bond donors (Lipinski definition) is 0. The maximum Gasteiger partial charge on any atom is 0.271 e. The fourth-order valence-corrected chi connectivity index (χ4v) is 6.34. The molecule has 0 unspecified atom stereocenters. The van der Waals surface area contributed by atoms with Crippen molar-refractivity contribution in [2.45, 2.75) is 46.6 Å². The lowest BCUT2D eigenvalue weighted by Gasteiger charge is -2.29. The van der Waals surface area contributed by atoms with Crippen LogP contribution in [0.3, 0.4) is 0 Å². The molecule has 7 nitrogen and oxygen atoms in total. The lowest BCUT2D eigenvalue weighted by molar-refractivity contribution is -0.127. The average molecular weight is 553 g/mol. The number of fused-ring (bicyclic) bond motifs is 1. The summed E-state index contributed by atoms with van der Waals surface area (Å²) in [5, 5.41) is 0.593. The minimum absolute atomic E-state index is 0.114. The molecule has 9 heteroatoms. The van der Waals surface area contributed by atoms with Gasteiger partial charge < -0.3 is 14.2 Å². The van der Waals surface area contributed by atoms with Gasteiger partial charge in [0.05, 0.1) is 21.8 Å². The Morgan fingerprint density at radius 3 is 2.50 bits per heavy atom. The molecular weight excluding hydrogens is 520 g/mol. The number of aromatic nitrogens is 1. The molecule has 0 N–H and O–H groups in total. The van der Waals surface area contributed by atoms with E-state index in [2.05, 4.69) is 11.8 Å². The van der Waals surface area contributed by atoms with Gasteiger partial charge in [0.1, 0.15) is 5.76 Å². The molecule has 0 spiro atoms. The molecule has 2 aliphatic heterocycles. The molecule has 4 heterocycles. The minimum Gasteiger partial charge on any atom is -0.441 e. The van der Waals surface area contributed by atoms with Gasteiger partial charge in [0, 0.05) is 43.3 Å². The van der Waals surface area contributed by atoms with E-state index in [9.17, 15) is 9.59 Å². The summed E-state index contributed by atoms with van der Waals surface area (Å²) in [5.41, 5.74) is 1.74. The largest absolute Gasteiger partial charge is 0.441 e. The number of anilines is 1. The summed E-state index contributed by atoms with van der Waals surface area (Å²) in [6.45, 7) is 11.1. The van der Waals surface area contributed by atoms with Gasteiger partial charge in [-0.15, -0.1) is 0 Å². The molecule has 0 saturated carbocycles. The molecule has 5 rings (SSSR count). The molecule has 1 atom stereocenters. The quantitative estimate of drug-likeness (QED) is 0.448. The molecule has 1 amide bonds. The number of hydrogen-bond acceptors (Lipinski definition) is 6. The second kappa shape index (κ2) is 10.9. The first kappa shape index (κ1) is 26.5. The number of nitrogens with zero attached hydrogens (tertiary/aromatic N) is 4. The Morgan fingerprint density at radius 2 is 1.84 bits per heavy atom. The molecule has 1 saturated heterocycles. The zero-order valence-corrected chi connectivity index (χ0v) is 23.8. The van der Waals surface area contributed by atoms with E-state index in [1.54, 1.807) is 27.7 Å². The highest BCUT2D eigenvalue weighted by atomic mass is 35.5. The van der Waals surface area contributed by atoms with E-state index in [-0.39, 0.29) is 11.5 Å². The van der Waals surface area contributed by atoms with Gasteiger partial charge in [-0.1, -0.05) is 42.0 Å². The highest BCUT2D eigenvalue weighted by Gasteiger charge is 2.34. The van der Waals surface area contributed by atoms with Gasteiger partial charge in [-0.05, 0) is 63.3 Å². The molecule has 1 fully saturated rings. The van der Waals surface area contributed by atoms with Gasteiger partial charge in [-0.3, -0.25) is 14.2 Å². The fourth-order valence-electron chi connectivity index (χ4n) is 5.18. The van der Waals surface area contributed by atoms with Crippen LogP contribution < -0.4 is 19.8 Å². The van der Waals surface area contributed by atoms with Crippen molar-refractivity contribution in [3.05, 3.63) is 83.7 Å². The molecule has 2 aromatic heterocycles. The summed E-state index contributed by atoms with van der Waals surface area (Å²) >= 11 is 7.48. The monoisotopic (exact) mass is 552 g/mol. The topological polar surface area (TPSA) is 71.1 Å². The fraction of sp³-hybridized carbons (Fsp3) is 0.414. The number of thiazole rings is 1. The van der Waals surface area contributed by atoms with Crippen LogP contribution in [0.5, 0.6) is 0 Å². The van der Waals surface area contributed by atoms with Crippen LogP contribution in [-0.4, -0.2) is 41.6 Å². The second-order valence-electron chi connectivity index (χ2n) is 9.96. The molecule has 2 aliphatic rings. The van der Waals surface area contributed by atoms with E-state index < -0.39 is 6.04 Å². The number of amides is 1. The normalized spacial score (nSPS) is 18.5. The Kier molecular flexibility index (Phi) is 7.63. The maximum absolute atomic E-state index is 13.9. The van der Waals surface area contributed by atoms with Crippen LogP contribution in [0.4, 0.5) is 5.88 Å². The number of allylic oxidation sites excluding steroid dienone is 1. The van der Waals surface area contributed by atoms with Gasteiger partial charge in [0.25, 0.3) is 11.5 Å². The van der Waals surface area contributed by atoms with Gasteiger partial charge in [0.2, 0.25) is 0 Å². The van der Waals surface area contributed by atoms with Crippen molar-refractivity contribution in [1.29, 1.82) is 0 Å². The first-order chi connectivity index (χ1) is 18.3. The molecular formula is C29H33ClN4O3S. The van der Waals surface area contributed by atoms with E-state index in [0.29, 0.717) is 44.5 Å². The predicted molar refractivity (Wildman–Crippen MR) is 152 cm³/mol. The Hall–Kier alpha value is -3.10. The van der Waals surface area contributed by atoms with E-state index >= 15 is 0 Å². The number of halogens is 1. The second-order valence-corrected chi connectivity index (χ2v) is 11.4. The van der Waals surface area contributed by atoms with E-state index in [4.69, 9.17) is 21.0 Å². The Bertz CT molecular complexity index is 1540. The molecule has 1 aromatic carbocycles. The lowest BCUT2D eigenvalue weighted by atomic mass is 9.94. The number of likely N-dealkylation sites (N-methyl/N-ethyl adjacent to an activating group) is 1. The van der Waals surface area contributed by atoms with Gasteiger partial charge >= 0.3 is 0 Å². The summed E-state index contributed by atoms with van der Waals surface area (Å²) in [6.07, 6.45) is 4.07. The summed E-state index contributed by atoms with van der Waals surface area (Å²) in [5.74, 6) is 2.08.